The molecule has 0 aromatic heterocycles. The van der Waals surface area contributed by atoms with Crippen LogP contribution in [-0.4, -0.2) is 13.1 Å². The third kappa shape index (κ3) is 3.18. The minimum absolute atomic E-state index is 0.854. The van der Waals surface area contributed by atoms with Gasteiger partial charge < -0.3 is 4.90 Å². The molecule has 74 valence electrons. The van der Waals surface area contributed by atoms with Crippen LogP contribution in [0.5, 0.6) is 0 Å². The Morgan fingerprint density at radius 2 is 1.57 bits per heavy atom. The van der Waals surface area contributed by atoms with Crippen LogP contribution in [0, 0.1) is 3.57 Å². The van der Waals surface area contributed by atoms with Crippen LogP contribution in [0.3, 0.4) is 0 Å². The van der Waals surface area contributed by atoms with Crippen molar-refractivity contribution in [3.8, 4) is 0 Å². The number of rotatable bonds is 5. The van der Waals surface area contributed by atoms with Gasteiger partial charge in [0.25, 0.3) is 0 Å². The highest BCUT2D eigenvalue weighted by atomic mass is 127. The molecule has 0 atom stereocenters. The summed E-state index contributed by atoms with van der Waals surface area (Å²) in [6.45, 7) is 9.20. The van der Waals surface area contributed by atoms with E-state index in [1.165, 1.54) is 9.26 Å². The molecule has 0 spiro atoms. The lowest BCUT2D eigenvalue weighted by Gasteiger charge is -2.21. The minimum Gasteiger partial charge on any atom is -0.364 e. The summed E-state index contributed by atoms with van der Waals surface area (Å²) >= 11 is 2.30. The molecule has 1 aromatic rings. The normalized spacial score (nSPS) is 9.50. The van der Waals surface area contributed by atoms with E-state index in [4.69, 9.17) is 0 Å². The van der Waals surface area contributed by atoms with Crippen LogP contribution in [0.2, 0.25) is 0 Å². The van der Waals surface area contributed by atoms with E-state index in [0.29, 0.717) is 0 Å². The number of halogens is 1. The maximum absolute atomic E-state index is 3.75. The van der Waals surface area contributed by atoms with E-state index in [2.05, 4.69) is 64.9 Å². The topological polar surface area (TPSA) is 3.24 Å². The van der Waals surface area contributed by atoms with Gasteiger partial charge in [-0.2, -0.15) is 0 Å². The van der Waals surface area contributed by atoms with Crippen LogP contribution in [0.4, 0.5) is 5.69 Å². The minimum atomic E-state index is 0.854. The zero-order valence-electron chi connectivity index (χ0n) is 8.12. The summed E-state index contributed by atoms with van der Waals surface area (Å²) in [7, 11) is 0. The molecule has 0 amide bonds. The Balaban J connectivity index is 2.80. The van der Waals surface area contributed by atoms with Gasteiger partial charge in [0.15, 0.2) is 0 Å². The predicted octanol–water partition coefficient (Wildman–Crippen LogP) is 3.47. The largest absolute Gasteiger partial charge is 0.364 e. The molecule has 1 nitrogen and oxygen atoms in total. The van der Waals surface area contributed by atoms with Gasteiger partial charge in [-0.15, -0.1) is 13.2 Å². The molecular formula is C12H14IN. The summed E-state index contributed by atoms with van der Waals surface area (Å²) in [6, 6.07) is 8.45. The second-order valence-electron chi connectivity index (χ2n) is 2.96. The Morgan fingerprint density at radius 1 is 1.07 bits per heavy atom. The summed E-state index contributed by atoms with van der Waals surface area (Å²) < 4.78 is 1.25. The van der Waals surface area contributed by atoms with Crippen LogP contribution in [-0.2, 0) is 0 Å². The van der Waals surface area contributed by atoms with Gasteiger partial charge in [-0.05, 0) is 46.9 Å². The van der Waals surface area contributed by atoms with Crippen molar-refractivity contribution in [3.05, 3.63) is 53.1 Å². The highest BCUT2D eigenvalue weighted by molar-refractivity contribution is 14.1. The first-order chi connectivity index (χ1) is 6.77. The zero-order valence-corrected chi connectivity index (χ0v) is 10.3. The lowest BCUT2D eigenvalue weighted by molar-refractivity contribution is 0.956. The second-order valence-corrected chi connectivity index (χ2v) is 4.20. The highest BCUT2D eigenvalue weighted by Crippen LogP contribution is 2.16. The molecule has 2 heteroatoms. The average Bonchev–Trinajstić information content (AvgIpc) is 2.19. The predicted molar refractivity (Wildman–Crippen MR) is 71.8 cm³/mol. The van der Waals surface area contributed by atoms with Crippen molar-refractivity contribution >= 4 is 28.3 Å². The van der Waals surface area contributed by atoms with E-state index in [1.54, 1.807) is 0 Å². The fraction of sp³-hybridized carbons (Fsp3) is 0.167. The van der Waals surface area contributed by atoms with Crippen LogP contribution in [0.1, 0.15) is 0 Å². The Morgan fingerprint density at radius 3 is 2.00 bits per heavy atom. The third-order valence-corrected chi connectivity index (χ3v) is 2.61. The maximum Gasteiger partial charge on any atom is 0.0372 e. The molecule has 0 radical (unpaired) electrons. The van der Waals surface area contributed by atoms with Crippen LogP contribution < -0.4 is 4.90 Å². The van der Waals surface area contributed by atoms with E-state index in [0.717, 1.165) is 13.1 Å². The van der Waals surface area contributed by atoms with E-state index < -0.39 is 0 Å². The standard InChI is InChI=1S/C12H14IN/c1-3-9-14(10-4-2)12-7-5-11(13)6-8-12/h3-8H,1-2,9-10H2. The number of hydrogen-bond donors (Lipinski definition) is 0. The lowest BCUT2D eigenvalue weighted by atomic mass is 10.3. The molecule has 0 aliphatic heterocycles. The molecule has 14 heavy (non-hydrogen) atoms. The fourth-order valence-corrected chi connectivity index (χ4v) is 1.61. The summed E-state index contributed by atoms with van der Waals surface area (Å²) in [5, 5.41) is 0. The summed E-state index contributed by atoms with van der Waals surface area (Å²) in [5.41, 5.74) is 1.21. The lowest BCUT2D eigenvalue weighted by Crippen LogP contribution is -2.22. The Labute approximate surface area is 99.3 Å². The monoisotopic (exact) mass is 299 g/mol. The fourth-order valence-electron chi connectivity index (χ4n) is 1.25. The molecule has 0 heterocycles. The highest BCUT2D eigenvalue weighted by Gasteiger charge is 2.01. The maximum atomic E-state index is 3.75. The van der Waals surface area contributed by atoms with Crippen molar-refractivity contribution in [1.29, 1.82) is 0 Å². The quantitative estimate of drug-likeness (QED) is 0.594. The smallest absolute Gasteiger partial charge is 0.0372 e. The number of nitrogens with zero attached hydrogens (tertiary/aromatic N) is 1. The Kier molecular flexibility index (Phi) is 4.73. The molecule has 0 N–H and O–H groups in total. The van der Waals surface area contributed by atoms with Crippen molar-refractivity contribution in [1.82, 2.24) is 0 Å². The van der Waals surface area contributed by atoms with Gasteiger partial charge in [0.05, 0.1) is 0 Å². The average molecular weight is 299 g/mol. The Hall–Kier alpha value is -0.770. The van der Waals surface area contributed by atoms with Crippen molar-refractivity contribution in [2.24, 2.45) is 0 Å². The molecule has 0 saturated carbocycles. The first-order valence-electron chi connectivity index (χ1n) is 4.50. The van der Waals surface area contributed by atoms with Crippen molar-refractivity contribution in [2.45, 2.75) is 0 Å². The van der Waals surface area contributed by atoms with Crippen LogP contribution >= 0.6 is 22.6 Å². The summed E-state index contributed by atoms with van der Waals surface area (Å²) in [4.78, 5) is 2.22. The first kappa shape index (κ1) is 11.3. The van der Waals surface area contributed by atoms with Gasteiger partial charge in [0, 0.05) is 22.3 Å². The molecule has 0 aliphatic carbocycles. The van der Waals surface area contributed by atoms with Crippen molar-refractivity contribution in [2.75, 3.05) is 18.0 Å². The summed E-state index contributed by atoms with van der Waals surface area (Å²) in [5.74, 6) is 0. The number of anilines is 1. The van der Waals surface area contributed by atoms with E-state index in [-0.39, 0.29) is 0 Å². The number of hydrogen-bond acceptors (Lipinski definition) is 1. The second kappa shape index (κ2) is 5.86. The molecule has 0 aliphatic rings. The molecule has 0 saturated heterocycles. The SMILES string of the molecule is C=CCN(CC=C)c1ccc(I)cc1. The third-order valence-electron chi connectivity index (χ3n) is 1.89. The van der Waals surface area contributed by atoms with Gasteiger partial charge >= 0.3 is 0 Å². The van der Waals surface area contributed by atoms with Crippen molar-refractivity contribution < 1.29 is 0 Å². The zero-order chi connectivity index (χ0) is 10.4. The van der Waals surface area contributed by atoms with Gasteiger partial charge in [0.1, 0.15) is 0 Å². The van der Waals surface area contributed by atoms with Crippen molar-refractivity contribution in [3.63, 3.8) is 0 Å². The van der Waals surface area contributed by atoms with E-state index >= 15 is 0 Å². The van der Waals surface area contributed by atoms with Crippen LogP contribution in [0.15, 0.2) is 49.6 Å². The molecule has 1 aromatic carbocycles. The van der Waals surface area contributed by atoms with Gasteiger partial charge in [-0.1, -0.05) is 12.2 Å². The van der Waals surface area contributed by atoms with Crippen LogP contribution in [0.25, 0.3) is 0 Å². The van der Waals surface area contributed by atoms with Gasteiger partial charge in [-0.3, -0.25) is 0 Å². The first-order valence-corrected chi connectivity index (χ1v) is 5.58. The summed E-state index contributed by atoms with van der Waals surface area (Å²) in [6.07, 6.45) is 3.81. The van der Waals surface area contributed by atoms with E-state index in [9.17, 15) is 0 Å². The van der Waals surface area contributed by atoms with Gasteiger partial charge in [-0.25, -0.2) is 0 Å². The van der Waals surface area contributed by atoms with Gasteiger partial charge in [0.2, 0.25) is 0 Å². The Bertz CT molecular complexity index is 293. The number of benzene rings is 1. The molecule has 0 fully saturated rings. The molecule has 1 rings (SSSR count). The molecular weight excluding hydrogens is 285 g/mol. The van der Waals surface area contributed by atoms with E-state index in [1.807, 2.05) is 12.2 Å². The molecule has 0 bridgehead atoms. The molecule has 0 unspecified atom stereocenters.